The molecule has 0 saturated heterocycles. The van der Waals surface area contributed by atoms with Gasteiger partial charge in [-0.2, -0.15) is 0 Å². The summed E-state index contributed by atoms with van der Waals surface area (Å²) >= 11 is 2.26. The van der Waals surface area contributed by atoms with Crippen LogP contribution in [0.25, 0.3) is 11.0 Å². The molecular formula is C17H16FN5O3S2. The van der Waals surface area contributed by atoms with Crippen molar-refractivity contribution in [2.24, 2.45) is 0 Å². The van der Waals surface area contributed by atoms with E-state index in [0.29, 0.717) is 33.4 Å². The first-order valence-corrected chi connectivity index (χ1v) is 10.1. The van der Waals surface area contributed by atoms with Crippen molar-refractivity contribution in [3.8, 4) is 0 Å². The Morgan fingerprint density at radius 1 is 1.21 bits per heavy atom. The van der Waals surface area contributed by atoms with Gasteiger partial charge in [0.25, 0.3) is 5.91 Å². The molecule has 1 amide bonds. The Hall–Kier alpha value is -2.66. The third-order valence-corrected chi connectivity index (χ3v) is 5.58. The highest BCUT2D eigenvalue weighted by Crippen LogP contribution is 2.27. The van der Waals surface area contributed by atoms with Gasteiger partial charge < -0.3 is 4.74 Å². The van der Waals surface area contributed by atoms with Crippen LogP contribution < -0.4 is 5.32 Å². The predicted octanol–water partition coefficient (Wildman–Crippen LogP) is 3.14. The highest BCUT2D eigenvalue weighted by Gasteiger charge is 2.18. The zero-order chi connectivity index (χ0) is 20.3. The lowest BCUT2D eigenvalue weighted by Gasteiger charge is -2.08. The van der Waals surface area contributed by atoms with Crippen molar-refractivity contribution < 1.29 is 18.7 Å². The van der Waals surface area contributed by atoms with E-state index in [9.17, 15) is 14.0 Å². The number of carbonyl (C=O) groups is 2. The van der Waals surface area contributed by atoms with E-state index < -0.39 is 11.7 Å². The van der Waals surface area contributed by atoms with Crippen LogP contribution in [0.15, 0.2) is 16.5 Å². The van der Waals surface area contributed by atoms with Gasteiger partial charge in [-0.25, -0.2) is 14.4 Å². The molecule has 2 heterocycles. The van der Waals surface area contributed by atoms with Crippen LogP contribution in [0.1, 0.15) is 28.7 Å². The number of ether oxygens (including phenoxy) is 1. The van der Waals surface area contributed by atoms with E-state index in [0.717, 1.165) is 29.2 Å². The molecule has 11 heteroatoms. The maximum Gasteiger partial charge on any atom is 0.316 e. The molecule has 0 aliphatic rings. The number of nitrogens with one attached hydrogen (secondary N) is 1. The Bertz CT molecular complexity index is 1060. The van der Waals surface area contributed by atoms with Crippen LogP contribution in [-0.4, -0.2) is 44.4 Å². The van der Waals surface area contributed by atoms with Crippen LogP contribution in [0.4, 0.5) is 9.52 Å². The first-order chi connectivity index (χ1) is 13.4. The van der Waals surface area contributed by atoms with Crippen LogP contribution >= 0.6 is 23.1 Å². The van der Waals surface area contributed by atoms with Crippen molar-refractivity contribution in [1.82, 2.24) is 20.2 Å². The quantitative estimate of drug-likeness (QED) is 0.367. The van der Waals surface area contributed by atoms with Crippen LogP contribution in [-0.2, 0) is 9.53 Å². The molecule has 0 saturated carbocycles. The number of benzene rings is 1. The lowest BCUT2D eigenvalue weighted by atomic mass is 10.1. The molecule has 0 aliphatic carbocycles. The van der Waals surface area contributed by atoms with Crippen LogP contribution in [0.5, 0.6) is 0 Å². The van der Waals surface area contributed by atoms with Crippen molar-refractivity contribution >= 4 is 51.1 Å². The van der Waals surface area contributed by atoms with Gasteiger partial charge in [-0.1, -0.05) is 23.1 Å². The molecular weight excluding hydrogens is 405 g/mol. The standard InChI is InChI=1S/C17H16FN5O3S2/c1-4-26-13(24)7-27-17-23-22-16(28-17)21-15(25)11-5-10(18)6-12-14(11)20-9(3)8(2)19-12/h5-6H,4,7H2,1-3H3,(H,21,22,25). The molecule has 0 aliphatic heterocycles. The van der Waals surface area contributed by atoms with Gasteiger partial charge in [0.15, 0.2) is 4.34 Å². The van der Waals surface area contributed by atoms with Gasteiger partial charge in [-0.15, -0.1) is 10.2 Å². The predicted molar refractivity (Wildman–Crippen MR) is 104 cm³/mol. The molecule has 0 spiro atoms. The molecule has 3 aromatic rings. The number of nitrogens with zero attached hydrogens (tertiary/aromatic N) is 4. The minimum atomic E-state index is -0.585. The molecule has 146 valence electrons. The monoisotopic (exact) mass is 421 g/mol. The van der Waals surface area contributed by atoms with E-state index in [1.807, 2.05) is 0 Å². The third-order valence-electron chi connectivity index (χ3n) is 3.64. The Labute approximate surface area is 167 Å². The zero-order valence-electron chi connectivity index (χ0n) is 15.3. The number of anilines is 1. The van der Waals surface area contributed by atoms with Gasteiger partial charge in [0.2, 0.25) is 5.13 Å². The van der Waals surface area contributed by atoms with Gasteiger partial charge in [0.05, 0.1) is 34.8 Å². The Morgan fingerprint density at radius 3 is 2.71 bits per heavy atom. The number of amides is 1. The fraction of sp³-hybridized carbons (Fsp3) is 0.294. The molecule has 0 unspecified atom stereocenters. The van der Waals surface area contributed by atoms with E-state index in [1.165, 1.54) is 6.07 Å². The lowest BCUT2D eigenvalue weighted by molar-refractivity contribution is -0.139. The summed E-state index contributed by atoms with van der Waals surface area (Å²) in [4.78, 5) is 32.7. The summed E-state index contributed by atoms with van der Waals surface area (Å²) in [5, 5.41) is 10.6. The van der Waals surface area contributed by atoms with E-state index >= 15 is 0 Å². The minimum Gasteiger partial charge on any atom is -0.465 e. The lowest BCUT2D eigenvalue weighted by Crippen LogP contribution is -2.14. The van der Waals surface area contributed by atoms with Crippen LogP contribution in [0.2, 0.25) is 0 Å². The maximum atomic E-state index is 14.0. The number of thioether (sulfide) groups is 1. The van der Waals surface area contributed by atoms with Gasteiger partial charge in [-0.3, -0.25) is 14.9 Å². The van der Waals surface area contributed by atoms with Crippen molar-refractivity contribution in [3.63, 3.8) is 0 Å². The summed E-state index contributed by atoms with van der Waals surface area (Å²) in [5.74, 6) is -1.42. The molecule has 0 atom stereocenters. The molecule has 8 nitrogen and oxygen atoms in total. The van der Waals surface area contributed by atoms with Crippen LogP contribution in [0, 0.1) is 19.7 Å². The Kier molecular flexibility index (Phi) is 6.15. The summed E-state index contributed by atoms with van der Waals surface area (Å²) in [6, 6.07) is 2.35. The summed E-state index contributed by atoms with van der Waals surface area (Å²) in [5.41, 5.74) is 1.99. The van der Waals surface area contributed by atoms with E-state index in [4.69, 9.17) is 4.74 Å². The topological polar surface area (TPSA) is 107 Å². The summed E-state index contributed by atoms with van der Waals surface area (Å²) in [6.45, 7) is 5.57. The zero-order valence-corrected chi connectivity index (χ0v) is 16.9. The number of aromatic nitrogens is 4. The highest BCUT2D eigenvalue weighted by atomic mass is 32.2. The minimum absolute atomic E-state index is 0.0570. The second-order valence-corrected chi connectivity index (χ2v) is 7.84. The summed E-state index contributed by atoms with van der Waals surface area (Å²) in [6.07, 6.45) is 0. The number of esters is 1. The molecule has 0 bridgehead atoms. The van der Waals surface area contributed by atoms with Crippen molar-refractivity contribution in [3.05, 3.63) is 34.9 Å². The van der Waals surface area contributed by atoms with Crippen molar-refractivity contribution in [2.75, 3.05) is 17.7 Å². The molecule has 28 heavy (non-hydrogen) atoms. The van der Waals surface area contributed by atoms with Gasteiger partial charge in [0, 0.05) is 6.07 Å². The summed E-state index contributed by atoms with van der Waals surface area (Å²) in [7, 11) is 0. The fourth-order valence-corrected chi connectivity index (χ4v) is 3.82. The number of aryl methyl sites for hydroxylation is 2. The largest absolute Gasteiger partial charge is 0.465 e. The molecule has 1 N–H and O–H groups in total. The Balaban J connectivity index is 1.78. The number of rotatable bonds is 6. The number of carbonyl (C=O) groups excluding carboxylic acids is 2. The number of fused-ring (bicyclic) bond motifs is 1. The van der Waals surface area contributed by atoms with E-state index in [-0.39, 0.29) is 22.4 Å². The average molecular weight is 421 g/mol. The molecule has 1 aromatic carbocycles. The van der Waals surface area contributed by atoms with Crippen molar-refractivity contribution in [2.45, 2.75) is 25.1 Å². The average Bonchev–Trinajstić information content (AvgIpc) is 3.08. The number of hydrogen-bond donors (Lipinski definition) is 1. The Morgan fingerprint density at radius 2 is 1.96 bits per heavy atom. The SMILES string of the molecule is CCOC(=O)CSc1nnc(NC(=O)c2cc(F)cc3nc(C)c(C)nc23)s1. The van der Waals surface area contributed by atoms with E-state index in [1.54, 1.807) is 20.8 Å². The van der Waals surface area contributed by atoms with Crippen LogP contribution in [0.3, 0.4) is 0 Å². The molecule has 3 rings (SSSR count). The number of halogens is 1. The second kappa shape index (κ2) is 8.57. The highest BCUT2D eigenvalue weighted by molar-refractivity contribution is 8.01. The molecule has 0 fully saturated rings. The molecule has 0 radical (unpaired) electrons. The third kappa shape index (κ3) is 4.60. The first kappa shape index (κ1) is 20.1. The maximum absolute atomic E-state index is 14.0. The smallest absolute Gasteiger partial charge is 0.316 e. The van der Waals surface area contributed by atoms with Crippen molar-refractivity contribution in [1.29, 1.82) is 0 Å². The van der Waals surface area contributed by atoms with E-state index in [2.05, 4.69) is 25.5 Å². The summed E-state index contributed by atoms with van der Waals surface area (Å²) < 4.78 is 19.3. The van der Waals surface area contributed by atoms with Gasteiger partial charge in [-0.05, 0) is 26.8 Å². The second-order valence-electron chi connectivity index (χ2n) is 5.64. The normalized spacial score (nSPS) is 10.9. The van der Waals surface area contributed by atoms with Gasteiger partial charge >= 0.3 is 5.97 Å². The molecule has 2 aromatic heterocycles. The fourth-order valence-electron chi connectivity index (χ4n) is 2.28. The van der Waals surface area contributed by atoms with Gasteiger partial charge in [0.1, 0.15) is 11.3 Å². The first-order valence-electron chi connectivity index (χ1n) is 8.25. The number of hydrogen-bond acceptors (Lipinski definition) is 9.